The van der Waals surface area contributed by atoms with Gasteiger partial charge in [-0.15, -0.1) is 0 Å². The van der Waals surface area contributed by atoms with Crippen LogP contribution in [-0.2, 0) is 16.0 Å². The van der Waals surface area contributed by atoms with Gasteiger partial charge in [-0.2, -0.15) is 0 Å². The van der Waals surface area contributed by atoms with E-state index in [0.717, 1.165) is 11.1 Å². The number of hydrazine groups is 1. The molecular weight excluding hydrogens is 300 g/mol. The summed E-state index contributed by atoms with van der Waals surface area (Å²) in [5.41, 5.74) is 6.29. The molecule has 2 aromatic carbocycles. The molecule has 0 bridgehead atoms. The van der Waals surface area contributed by atoms with E-state index in [-0.39, 0.29) is 12.3 Å². The summed E-state index contributed by atoms with van der Waals surface area (Å²) in [6, 6.07) is 16.4. The Labute approximate surface area is 133 Å². The molecule has 0 aliphatic heterocycles. The average molecular weight is 315 g/mol. The standard InChI is InChI=1S/C17H15ClN2O2/c18-15-9-5-4-8-14(15)10-11-16(21)19-20-17(22)12-13-6-2-1-3-7-13/h1-11H,12H2,(H,19,21)(H,20,22). The summed E-state index contributed by atoms with van der Waals surface area (Å²) in [7, 11) is 0. The van der Waals surface area contributed by atoms with Crippen molar-refractivity contribution in [1.82, 2.24) is 10.9 Å². The second-order valence-corrected chi connectivity index (χ2v) is 4.96. The maximum Gasteiger partial charge on any atom is 0.262 e. The molecule has 4 nitrogen and oxygen atoms in total. The summed E-state index contributed by atoms with van der Waals surface area (Å²) in [6.45, 7) is 0. The topological polar surface area (TPSA) is 58.2 Å². The van der Waals surface area contributed by atoms with Crippen LogP contribution in [0.4, 0.5) is 0 Å². The quantitative estimate of drug-likeness (QED) is 0.673. The van der Waals surface area contributed by atoms with E-state index in [1.54, 1.807) is 18.2 Å². The molecule has 0 unspecified atom stereocenters. The van der Waals surface area contributed by atoms with Gasteiger partial charge in [-0.05, 0) is 23.3 Å². The van der Waals surface area contributed by atoms with Gasteiger partial charge in [-0.25, -0.2) is 0 Å². The van der Waals surface area contributed by atoms with Gasteiger partial charge in [0.15, 0.2) is 0 Å². The second kappa shape index (κ2) is 8.00. The van der Waals surface area contributed by atoms with Gasteiger partial charge in [0, 0.05) is 11.1 Å². The van der Waals surface area contributed by atoms with Crippen LogP contribution in [0.3, 0.4) is 0 Å². The average Bonchev–Trinajstić information content (AvgIpc) is 2.53. The molecule has 0 radical (unpaired) electrons. The SMILES string of the molecule is O=C(C=Cc1ccccc1Cl)NNC(=O)Cc1ccccc1. The fourth-order valence-corrected chi connectivity index (χ4v) is 1.97. The lowest BCUT2D eigenvalue weighted by Gasteiger charge is -2.05. The van der Waals surface area contributed by atoms with Gasteiger partial charge >= 0.3 is 0 Å². The first-order chi connectivity index (χ1) is 10.6. The van der Waals surface area contributed by atoms with Crippen LogP contribution >= 0.6 is 11.6 Å². The Morgan fingerprint density at radius 1 is 0.955 bits per heavy atom. The molecule has 2 rings (SSSR count). The summed E-state index contributed by atoms with van der Waals surface area (Å²) < 4.78 is 0. The minimum Gasteiger partial charge on any atom is -0.273 e. The summed E-state index contributed by atoms with van der Waals surface area (Å²) in [4.78, 5) is 23.3. The van der Waals surface area contributed by atoms with Crippen molar-refractivity contribution in [3.63, 3.8) is 0 Å². The van der Waals surface area contributed by atoms with E-state index in [1.807, 2.05) is 42.5 Å². The predicted molar refractivity (Wildman–Crippen MR) is 86.9 cm³/mol. The van der Waals surface area contributed by atoms with Crippen LogP contribution in [0.1, 0.15) is 11.1 Å². The van der Waals surface area contributed by atoms with Crippen molar-refractivity contribution in [2.75, 3.05) is 0 Å². The predicted octanol–water partition coefficient (Wildman–Crippen LogP) is 2.74. The number of amides is 2. The highest BCUT2D eigenvalue weighted by Crippen LogP contribution is 2.15. The van der Waals surface area contributed by atoms with Crippen molar-refractivity contribution in [3.8, 4) is 0 Å². The van der Waals surface area contributed by atoms with Crippen LogP contribution in [0, 0.1) is 0 Å². The maximum atomic E-state index is 11.7. The minimum atomic E-state index is -0.429. The van der Waals surface area contributed by atoms with E-state index >= 15 is 0 Å². The lowest BCUT2D eigenvalue weighted by molar-refractivity contribution is -0.126. The number of nitrogens with one attached hydrogen (secondary N) is 2. The van der Waals surface area contributed by atoms with Gasteiger partial charge in [0.2, 0.25) is 5.91 Å². The molecule has 0 spiro atoms. The molecular formula is C17H15ClN2O2. The van der Waals surface area contributed by atoms with E-state index in [9.17, 15) is 9.59 Å². The van der Waals surface area contributed by atoms with Crippen molar-refractivity contribution in [2.45, 2.75) is 6.42 Å². The summed E-state index contributed by atoms with van der Waals surface area (Å²) in [5, 5.41) is 0.555. The highest BCUT2D eigenvalue weighted by atomic mass is 35.5. The smallest absolute Gasteiger partial charge is 0.262 e. The summed E-state index contributed by atoms with van der Waals surface area (Å²) in [6.07, 6.45) is 3.10. The zero-order valence-corrected chi connectivity index (χ0v) is 12.5. The van der Waals surface area contributed by atoms with Crippen molar-refractivity contribution >= 4 is 29.5 Å². The third-order valence-corrected chi connectivity index (χ3v) is 3.20. The van der Waals surface area contributed by atoms with Crippen molar-refractivity contribution < 1.29 is 9.59 Å². The highest BCUT2D eigenvalue weighted by Gasteiger charge is 2.03. The Kier molecular flexibility index (Phi) is 5.74. The molecule has 0 fully saturated rings. The molecule has 5 heteroatoms. The monoisotopic (exact) mass is 314 g/mol. The van der Waals surface area contributed by atoms with Crippen LogP contribution in [0.5, 0.6) is 0 Å². The van der Waals surface area contributed by atoms with E-state index in [2.05, 4.69) is 10.9 Å². The zero-order valence-electron chi connectivity index (χ0n) is 11.8. The largest absolute Gasteiger partial charge is 0.273 e. The molecule has 0 saturated heterocycles. The molecule has 112 valence electrons. The van der Waals surface area contributed by atoms with Gasteiger partial charge in [-0.1, -0.05) is 60.1 Å². The van der Waals surface area contributed by atoms with E-state index in [0.29, 0.717) is 5.02 Å². The Balaban J connectivity index is 1.80. The van der Waals surface area contributed by atoms with Crippen molar-refractivity contribution in [2.24, 2.45) is 0 Å². The number of carbonyl (C=O) groups excluding carboxylic acids is 2. The van der Waals surface area contributed by atoms with Crippen LogP contribution in [-0.4, -0.2) is 11.8 Å². The number of benzene rings is 2. The number of hydrogen-bond acceptors (Lipinski definition) is 2. The Morgan fingerprint density at radius 3 is 2.36 bits per heavy atom. The molecule has 2 amide bonds. The number of carbonyl (C=O) groups is 2. The molecule has 0 aromatic heterocycles. The van der Waals surface area contributed by atoms with E-state index in [1.165, 1.54) is 6.08 Å². The first kappa shape index (κ1) is 15.8. The van der Waals surface area contributed by atoms with Gasteiger partial charge in [-0.3, -0.25) is 20.4 Å². The first-order valence-corrected chi connectivity index (χ1v) is 7.08. The molecule has 0 heterocycles. The maximum absolute atomic E-state index is 11.7. The lowest BCUT2D eigenvalue weighted by atomic mass is 10.1. The van der Waals surface area contributed by atoms with Crippen LogP contribution in [0.2, 0.25) is 5.02 Å². The fraction of sp³-hybridized carbons (Fsp3) is 0.0588. The molecule has 0 saturated carbocycles. The Bertz CT molecular complexity index is 684. The summed E-state index contributed by atoms with van der Waals surface area (Å²) in [5.74, 6) is -0.716. The molecule has 2 N–H and O–H groups in total. The molecule has 0 aliphatic carbocycles. The molecule has 22 heavy (non-hydrogen) atoms. The normalized spacial score (nSPS) is 10.4. The number of hydrogen-bond donors (Lipinski definition) is 2. The van der Waals surface area contributed by atoms with Gasteiger partial charge in [0.25, 0.3) is 5.91 Å². The van der Waals surface area contributed by atoms with Gasteiger partial charge in [0.1, 0.15) is 0 Å². The van der Waals surface area contributed by atoms with E-state index < -0.39 is 5.91 Å². The van der Waals surface area contributed by atoms with Gasteiger partial charge in [0.05, 0.1) is 6.42 Å². The lowest BCUT2D eigenvalue weighted by Crippen LogP contribution is -2.41. The van der Waals surface area contributed by atoms with Crippen LogP contribution in [0.15, 0.2) is 60.7 Å². The first-order valence-electron chi connectivity index (χ1n) is 6.70. The number of halogens is 1. The molecule has 0 aliphatic rings. The molecule has 2 aromatic rings. The van der Waals surface area contributed by atoms with Crippen LogP contribution in [0.25, 0.3) is 6.08 Å². The zero-order chi connectivity index (χ0) is 15.8. The van der Waals surface area contributed by atoms with Crippen molar-refractivity contribution in [3.05, 3.63) is 76.8 Å². The minimum absolute atomic E-state index is 0.204. The number of rotatable bonds is 4. The summed E-state index contributed by atoms with van der Waals surface area (Å²) >= 11 is 5.97. The third-order valence-electron chi connectivity index (χ3n) is 2.85. The Hall–Kier alpha value is -2.59. The van der Waals surface area contributed by atoms with Gasteiger partial charge < -0.3 is 0 Å². The van der Waals surface area contributed by atoms with E-state index in [4.69, 9.17) is 11.6 Å². The fourth-order valence-electron chi connectivity index (χ4n) is 1.77. The highest BCUT2D eigenvalue weighted by molar-refractivity contribution is 6.32. The third kappa shape index (κ3) is 5.07. The van der Waals surface area contributed by atoms with Crippen LogP contribution < -0.4 is 10.9 Å². The Morgan fingerprint density at radius 2 is 1.64 bits per heavy atom. The van der Waals surface area contributed by atoms with Crippen molar-refractivity contribution in [1.29, 1.82) is 0 Å². The second-order valence-electron chi connectivity index (χ2n) is 4.55. The molecule has 0 atom stereocenters.